The van der Waals surface area contributed by atoms with E-state index < -0.39 is 31.2 Å². The number of amides is 1. The van der Waals surface area contributed by atoms with Crippen LogP contribution in [0, 0.1) is 0 Å². The Bertz CT molecular complexity index is 526. The Hall–Kier alpha value is -1.69. The standard InChI is InChI=1S/C12H16NO6P/c1-8(12(15)16)13-11(14)10(20(17,18)19)7-9-5-3-2-4-6-9/h2-6,8,10H,7H2,1H3,(H,13,14)(H,15,16)(H2,17,18,19)/t8-,10?/m0/s1. The molecule has 1 unspecified atom stereocenters. The fraction of sp³-hybridized carbons (Fsp3) is 0.333. The Kier molecular flexibility index (Phi) is 5.44. The van der Waals surface area contributed by atoms with Gasteiger partial charge in [-0.2, -0.15) is 0 Å². The molecule has 0 saturated heterocycles. The van der Waals surface area contributed by atoms with Crippen molar-refractivity contribution in [3.05, 3.63) is 35.9 Å². The highest BCUT2D eigenvalue weighted by Crippen LogP contribution is 2.42. The molecular formula is C12H16NO6P. The lowest BCUT2D eigenvalue weighted by molar-refractivity contribution is -0.141. The lowest BCUT2D eigenvalue weighted by Crippen LogP contribution is -2.44. The number of nitrogens with one attached hydrogen (secondary N) is 1. The predicted molar refractivity (Wildman–Crippen MR) is 71.2 cm³/mol. The molecule has 0 fully saturated rings. The molecule has 1 rings (SSSR count). The minimum Gasteiger partial charge on any atom is -0.480 e. The highest BCUT2D eigenvalue weighted by atomic mass is 31.2. The third kappa shape index (κ3) is 4.77. The summed E-state index contributed by atoms with van der Waals surface area (Å²) in [5.74, 6) is -2.25. The molecule has 4 N–H and O–H groups in total. The van der Waals surface area contributed by atoms with Crippen molar-refractivity contribution < 1.29 is 29.0 Å². The van der Waals surface area contributed by atoms with E-state index in [4.69, 9.17) is 5.11 Å². The first-order valence-corrected chi connectivity index (χ1v) is 7.52. The fourth-order valence-corrected chi connectivity index (χ4v) is 2.40. The van der Waals surface area contributed by atoms with Crippen molar-refractivity contribution in [3.8, 4) is 0 Å². The van der Waals surface area contributed by atoms with Gasteiger partial charge in [0.1, 0.15) is 11.7 Å². The maximum atomic E-state index is 11.8. The quantitative estimate of drug-likeness (QED) is 0.563. The molecule has 7 nitrogen and oxygen atoms in total. The molecule has 0 radical (unpaired) electrons. The van der Waals surface area contributed by atoms with E-state index in [-0.39, 0.29) is 6.42 Å². The van der Waals surface area contributed by atoms with Gasteiger partial charge in [-0.15, -0.1) is 0 Å². The van der Waals surface area contributed by atoms with E-state index in [0.717, 1.165) is 0 Å². The first kappa shape index (κ1) is 16.4. The topological polar surface area (TPSA) is 124 Å². The molecule has 20 heavy (non-hydrogen) atoms. The van der Waals surface area contributed by atoms with Crippen molar-refractivity contribution in [3.63, 3.8) is 0 Å². The molecule has 0 spiro atoms. The summed E-state index contributed by atoms with van der Waals surface area (Å²) in [6.45, 7) is 1.22. The summed E-state index contributed by atoms with van der Waals surface area (Å²) in [4.78, 5) is 41.0. The zero-order valence-corrected chi connectivity index (χ0v) is 11.7. The summed E-state index contributed by atoms with van der Waals surface area (Å²) in [7, 11) is -4.69. The minimum atomic E-state index is -4.69. The second-order valence-corrected chi connectivity index (χ2v) is 6.16. The summed E-state index contributed by atoms with van der Waals surface area (Å²) in [6, 6.07) is 7.16. The first-order chi connectivity index (χ1) is 9.21. The van der Waals surface area contributed by atoms with E-state index in [9.17, 15) is 23.9 Å². The molecule has 8 heteroatoms. The van der Waals surface area contributed by atoms with Gasteiger partial charge in [-0.05, 0) is 18.9 Å². The van der Waals surface area contributed by atoms with Crippen molar-refractivity contribution >= 4 is 19.5 Å². The molecule has 0 aliphatic heterocycles. The molecular weight excluding hydrogens is 285 g/mol. The number of carbonyl (C=O) groups excluding carboxylic acids is 1. The second-order valence-electron chi connectivity index (χ2n) is 4.36. The van der Waals surface area contributed by atoms with Gasteiger partial charge in [0, 0.05) is 0 Å². The largest absolute Gasteiger partial charge is 0.480 e. The predicted octanol–water partition coefficient (Wildman–Crippen LogP) is 0.365. The maximum absolute atomic E-state index is 11.8. The third-order valence-corrected chi connectivity index (χ3v) is 3.94. The molecule has 0 aliphatic rings. The molecule has 0 aliphatic carbocycles. The van der Waals surface area contributed by atoms with E-state index in [2.05, 4.69) is 5.32 Å². The number of hydrogen-bond donors (Lipinski definition) is 4. The summed E-state index contributed by atoms with van der Waals surface area (Å²) < 4.78 is 11.4. The van der Waals surface area contributed by atoms with Crippen molar-refractivity contribution in [1.82, 2.24) is 5.32 Å². The first-order valence-electron chi connectivity index (χ1n) is 5.84. The molecule has 110 valence electrons. The Morgan fingerprint density at radius 3 is 2.25 bits per heavy atom. The van der Waals surface area contributed by atoms with Gasteiger partial charge < -0.3 is 20.2 Å². The maximum Gasteiger partial charge on any atom is 0.338 e. The van der Waals surface area contributed by atoms with Crippen LogP contribution < -0.4 is 5.32 Å². The molecule has 2 atom stereocenters. The van der Waals surface area contributed by atoms with Crippen molar-refractivity contribution in [2.45, 2.75) is 25.0 Å². The molecule has 1 amide bonds. The van der Waals surface area contributed by atoms with Crippen LogP contribution in [0.1, 0.15) is 12.5 Å². The van der Waals surface area contributed by atoms with Crippen LogP contribution in [0.5, 0.6) is 0 Å². The zero-order chi connectivity index (χ0) is 15.3. The molecule has 1 aromatic carbocycles. The smallest absolute Gasteiger partial charge is 0.338 e. The number of carboxylic acid groups (broad SMARTS) is 1. The number of hydrogen-bond acceptors (Lipinski definition) is 3. The van der Waals surface area contributed by atoms with Gasteiger partial charge in [-0.3, -0.25) is 14.2 Å². The van der Waals surface area contributed by atoms with Crippen LogP contribution in [-0.4, -0.2) is 38.5 Å². The molecule has 0 bridgehead atoms. The summed E-state index contributed by atoms with van der Waals surface area (Å²) >= 11 is 0. The molecule has 0 aromatic heterocycles. The van der Waals surface area contributed by atoms with Gasteiger partial charge >= 0.3 is 13.6 Å². The SMILES string of the molecule is C[C@H](NC(=O)C(Cc1ccccc1)P(=O)(O)O)C(=O)O. The Labute approximate surface area is 115 Å². The number of benzene rings is 1. The molecule has 0 saturated carbocycles. The number of carbonyl (C=O) groups is 2. The second kappa shape index (κ2) is 6.65. The van der Waals surface area contributed by atoms with Crippen molar-refractivity contribution in [1.29, 1.82) is 0 Å². The monoisotopic (exact) mass is 301 g/mol. The Morgan fingerprint density at radius 1 is 1.25 bits per heavy atom. The van der Waals surface area contributed by atoms with E-state index in [0.29, 0.717) is 5.56 Å². The molecule has 0 heterocycles. The van der Waals surface area contributed by atoms with Gasteiger partial charge in [0.15, 0.2) is 0 Å². The van der Waals surface area contributed by atoms with E-state index in [1.807, 2.05) is 0 Å². The van der Waals surface area contributed by atoms with Crippen LogP contribution >= 0.6 is 7.60 Å². The van der Waals surface area contributed by atoms with Crippen LogP contribution in [0.25, 0.3) is 0 Å². The van der Waals surface area contributed by atoms with Crippen molar-refractivity contribution in [2.24, 2.45) is 0 Å². The lowest BCUT2D eigenvalue weighted by Gasteiger charge is -2.19. The van der Waals surface area contributed by atoms with Crippen LogP contribution in [0.2, 0.25) is 0 Å². The van der Waals surface area contributed by atoms with Gasteiger partial charge in [0.05, 0.1) is 0 Å². The lowest BCUT2D eigenvalue weighted by atomic mass is 10.1. The number of aliphatic carboxylic acids is 1. The van der Waals surface area contributed by atoms with E-state index >= 15 is 0 Å². The van der Waals surface area contributed by atoms with Gasteiger partial charge in [0.2, 0.25) is 5.91 Å². The average molecular weight is 301 g/mol. The summed E-state index contributed by atoms with van der Waals surface area (Å²) in [5, 5.41) is 10.8. The third-order valence-electron chi connectivity index (χ3n) is 2.71. The van der Waals surface area contributed by atoms with Crippen LogP contribution in [0.15, 0.2) is 30.3 Å². The molecule has 1 aromatic rings. The highest BCUT2D eigenvalue weighted by molar-refractivity contribution is 7.53. The average Bonchev–Trinajstić information content (AvgIpc) is 2.35. The van der Waals surface area contributed by atoms with Gasteiger partial charge in [-0.25, -0.2) is 0 Å². The van der Waals surface area contributed by atoms with E-state index in [1.165, 1.54) is 6.92 Å². The number of rotatable bonds is 6. The van der Waals surface area contributed by atoms with Gasteiger partial charge in [0.25, 0.3) is 0 Å². The van der Waals surface area contributed by atoms with Crippen molar-refractivity contribution in [2.75, 3.05) is 0 Å². The highest BCUT2D eigenvalue weighted by Gasteiger charge is 2.36. The van der Waals surface area contributed by atoms with Crippen LogP contribution in [0.4, 0.5) is 0 Å². The Balaban J connectivity index is 2.88. The Morgan fingerprint density at radius 2 is 1.80 bits per heavy atom. The minimum absolute atomic E-state index is 0.163. The zero-order valence-electron chi connectivity index (χ0n) is 10.8. The summed E-state index contributed by atoms with van der Waals surface area (Å²) in [6.07, 6.45) is -0.163. The normalized spacial score (nSPS) is 14.3. The van der Waals surface area contributed by atoms with Gasteiger partial charge in [-0.1, -0.05) is 30.3 Å². The summed E-state index contributed by atoms with van der Waals surface area (Å²) in [5.41, 5.74) is -1.02. The van der Waals surface area contributed by atoms with E-state index in [1.54, 1.807) is 30.3 Å². The number of carboxylic acids is 1. The fourth-order valence-electron chi connectivity index (χ4n) is 1.57. The van der Waals surface area contributed by atoms with Crippen LogP contribution in [-0.2, 0) is 20.6 Å². The van der Waals surface area contributed by atoms with Crippen LogP contribution in [0.3, 0.4) is 0 Å².